The Hall–Kier alpha value is -1.88. The fraction of sp³-hybridized carbons (Fsp3) is 0.467. The van der Waals surface area contributed by atoms with E-state index in [1.165, 1.54) is 5.56 Å². The van der Waals surface area contributed by atoms with Gasteiger partial charge in [0.15, 0.2) is 6.10 Å². The Labute approximate surface area is 117 Å². The van der Waals surface area contributed by atoms with E-state index in [1.807, 2.05) is 12.1 Å². The summed E-state index contributed by atoms with van der Waals surface area (Å²) in [6.07, 6.45) is 1.38. The van der Waals surface area contributed by atoms with E-state index in [0.717, 1.165) is 19.5 Å². The van der Waals surface area contributed by atoms with Gasteiger partial charge in [-0.3, -0.25) is 14.9 Å². The van der Waals surface area contributed by atoms with Crippen LogP contribution < -0.4 is 15.4 Å². The zero-order valence-electron chi connectivity index (χ0n) is 11.2. The average Bonchev–Trinajstić information content (AvgIpc) is 2.97. The molecule has 2 heterocycles. The summed E-state index contributed by atoms with van der Waals surface area (Å²) in [5, 5.41) is 5.64. The Balaban J connectivity index is 1.63. The molecule has 2 fully saturated rings. The van der Waals surface area contributed by atoms with Gasteiger partial charge < -0.3 is 10.1 Å². The maximum atomic E-state index is 11.6. The van der Waals surface area contributed by atoms with Crippen LogP contribution in [0.3, 0.4) is 0 Å². The predicted octanol–water partition coefficient (Wildman–Crippen LogP) is 0.947. The first-order valence-corrected chi connectivity index (χ1v) is 7.03. The van der Waals surface area contributed by atoms with Crippen molar-refractivity contribution in [1.82, 2.24) is 10.6 Å². The Bertz CT molecular complexity index is 506. The van der Waals surface area contributed by atoms with Gasteiger partial charge in [0.25, 0.3) is 5.91 Å². The lowest BCUT2D eigenvalue weighted by molar-refractivity contribution is -0.138. The van der Waals surface area contributed by atoms with Gasteiger partial charge in [-0.25, -0.2) is 0 Å². The number of ether oxygens (including phenoxy) is 1. The maximum absolute atomic E-state index is 11.6. The van der Waals surface area contributed by atoms with Crippen LogP contribution in [0.1, 0.15) is 30.7 Å². The van der Waals surface area contributed by atoms with Crippen molar-refractivity contribution < 1.29 is 14.3 Å². The van der Waals surface area contributed by atoms with Crippen LogP contribution >= 0.6 is 0 Å². The molecule has 5 heteroatoms. The first-order chi connectivity index (χ1) is 9.72. The number of nitrogens with one attached hydrogen (secondary N) is 2. The average molecular weight is 274 g/mol. The van der Waals surface area contributed by atoms with Crippen LogP contribution in [0.15, 0.2) is 24.3 Å². The standard InChI is InChI=1S/C15H18N2O3/c18-14-6-5-13(15(19)17-14)20-12-3-1-10(2-4-12)11-7-8-16-9-11/h1-4,11,13,16H,5-9H2,(H,17,18,19)/t11?,13-/m0/s1. The molecule has 106 valence electrons. The Morgan fingerprint density at radius 2 is 1.90 bits per heavy atom. The number of hydrogen-bond donors (Lipinski definition) is 2. The number of hydrogen-bond acceptors (Lipinski definition) is 4. The highest BCUT2D eigenvalue weighted by Gasteiger charge is 2.28. The van der Waals surface area contributed by atoms with Crippen molar-refractivity contribution in [3.05, 3.63) is 29.8 Å². The molecule has 0 aliphatic carbocycles. The van der Waals surface area contributed by atoms with Gasteiger partial charge in [-0.2, -0.15) is 0 Å². The number of benzene rings is 1. The summed E-state index contributed by atoms with van der Waals surface area (Å²) in [6.45, 7) is 2.09. The van der Waals surface area contributed by atoms with Crippen molar-refractivity contribution in [2.75, 3.05) is 13.1 Å². The first-order valence-electron chi connectivity index (χ1n) is 7.03. The molecule has 0 bridgehead atoms. The van der Waals surface area contributed by atoms with Crippen LogP contribution in [0, 0.1) is 0 Å². The summed E-state index contributed by atoms with van der Waals surface area (Å²) < 4.78 is 5.65. The normalized spacial score (nSPS) is 26.4. The van der Waals surface area contributed by atoms with E-state index in [4.69, 9.17) is 4.74 Å². The minimum absolute atomic E-state index is 0.223. The Kier molecular flexibility index (Phi) is 3.69. The summed E-state index contributed by atoms with van der Waals surface area (Å²) >= 11 is 0. The summed E-state index contributed by atoms with van der Waals surface area (Å²) in [7, 11) is 0. The van der Waals surface area contributed by atoms with E-state index in [2.05, 4.69) is 22.8 Å². The van der Waals surface area contributed by atoms with Crippen molar-refractivity contribution in [3.63, 3.8) is 0 Å². The van der Waals surface area contributed by atoms with Crippen molar-refractivity contribution >= 4 is 11.8 Å². The minimum atomic E-state index is -0.563. The summed E-state index contributed by atoms with van der Waals surface area (Å²) in [4.78, 5) is 22.7. The van der Waals surface area contributed by atoms with Gasteiger partial charge in [-0.05, 0) is 36.6 Å². The highest BCUT2D eigenvalue weighted by molar-refractivity contribution is 5.99. The number of amides is 2. The third kappa shape index (κ3) is 2.82. The third-order valence-corrected chi connectivity index (χ3v) is 3.88. The molecule has 2 aliphatic rings. The molecule has 2 saturated heterocycles. The molecule has 1 aromatic rings. The van der Waals surface area contributed by atoms with Gasteiger partial charge in [-0.15, -0.1) is 0 Å². The van der Waals surface area contributed by atoms with Crippen LogP contribution in [-0.4, -0.2) is 31.0 Å². The quantitative estimate of drug-likeness (QED) is 0.805. The van der Waals surface area contributed by atoms with Crippen molar-refractivity contribution in [2.24, 2.45) is 0 Å². The number of rotatable bonds is 3. The molecule has 0 saturated carbocycles. The molecule has 2 amide bonds. The van der Waals surface area contributed by atoms with Gasteiger partial charge in [-0.1, -0.05) is 12.1 Å². The molecule has 0 aromatic heterocycles. The molecule has 0 spiro atoms. The van der Waals surface area contributed by atoms with Crippen LogP contribution in [0.2, 0.25) is 0 Å². The fourth-order valence-corrected chi connectivity index (χ4v) is 2.71. The van der Waals surface area contributed by atoms with E-state index in [9.17, 15) is 9.59 Å². The minimum Gasteiger partial charge on any atom is -0.481 e. The number of imide groups is 1. The Morgan fingerprint density at radius 1 is 1.10 bits per heavy atom. The van der Waals surface area contributed by atoms with Gasteiger partial charge in [0.2, 0.25) is 5.91 Å². The van der Waals surface area contributed by atoms with E-state index in [1.54, 1.807) is 0 Å². The molecular formula is C15H18N2O3. The molecule has 5 nitrogen and oxygen atoms in total. The monoisotopic (exact) mass is 274 g/mol. The van der Waals surface area contributed by atoms with Gasteiger partial charge in [0.1, 0.15) is 5.75 Å². The second-order valence-corrected chi connectivity index (χ2v) is 5.32. The van der Waals surface area contributed by atoms with Crippen molar-refractivity contribution in [1.29, 1.82) is 0 Å². The molecule has 2 atom stereocenters. The lowest BCUT2D eigenvalue weighted by Crippen LogP contribution is -2.46. The summed E-state index contributed by atoms with van der Waals surface area (Å²) in [6, 6.07) is 7.91. The number of carbonyl (C=O) groups is 2. The SMILES string of the molecule is O=C1CC[C@H](Oc2ccc(C3CCNC3)cc2)C(=O)N1. The smallest absolute Gasteiger partial charge is 0.267 e. The molecule has 1 unspecified atom stereocenters. The van der Waals surface area contributed by atoms with Crippen LogP contribution in [-0.2, 0) is 9.59 Å². The molecule has 2 N–H and O–H groups in total. The fourth-order valence-electron chi connectivity index (χ4n) is 2.71. The van der Waals surface area contributed by atoms with E-state index >= 15 is 0 Å². The lowest BCUT2D eigenvalue weighted by atomic mass is 9.98. The number of carbonyl (C=O) groups excluding carboxylic acids is 2. The van der Waals surface area contributed by atoms with E-state index in [-0.39, 0.29) is 11.8 Å². The highest BCUT2D eigenvalue weighted by Crippen LogP contribution is 2.25. The molecule has 3 rings (SSSR count). The van der Waals surface area contributed by atoms with E-state index in [0.29, 0.717) is 24.5 Å². The summed E-state index contributed by atoms with van der Waals surface area (Å²) in [5.41, 5.74) is 1.30. The first kappa shape index (κ1) is 13.1. The van der Waals surface area contributed by atoms with Gasteiger partial charge >= 0.3 is 0 Å². The molecule has 1 aromatic carbocycles. The predicted molar refractivity (Wildman–Crippen MR) is 73.5 cm³/mol. The van der Waals surface area contributed by atoms with Crippen LogP contribution in [0.25, 0.3) is 0 Å². The maximum Gasteiger partial charge on any atom is 0.267 e. The number of piperidine rings is 1. The van der Waals surface area contributed by atoms with Crippen molar-refractivity contribution in [3.8, 4) is 5.75 Å². The molecule has 2 aliphatic heterocycles. The summed E-state index contributed by atoms with van der Waals surface area (Å²) in [5.74, 6) is 0.679. The zero-order valence-corrected chi connectivity index (χ0v) is 11.2. The lowest BCUT2D eigenvalue weighted by Gasteiger charge is -2.22. The largest absolute Gasteiger partial charge is 0.481 e. The molecule has 20 heavy (non-hydrogen) atoms. The van der Waals surface area contributed by atoms with Crippen LogP contribution in [0.4, 0.5) is 0 Å². The molecule has 0 radical (unpaired) electrons. The topological polar surface area (TPSA) is 67.4 Å². The second-order valence-electron chi connectivity index (χ2n) is 5.32. The van der Waals surface area contributed by atoms with Crippen LogP contribution in [0.5, 0.6) is 5.75 Å². The third-order valence-electron chi connectivity index (χ3n) is 3.88. The van der Waals surface area contributed by atoms with Gasteiger partial charge in [0.05, 0.1) is 0 Å². The zero-order chi connectivity index (χ0) is 13.9. The molecular weight excluding hydrogens is 256 g/mol. The Morgan fingerprint density at radius 3 is 2.55 bits per heavy atom. The second kappa shape index (κ2) is 5.63. The van der Waals surface area contributed by atoms with E-state index < -0.39 is 6.10 Å². The highest BCUT2D eigenvalue weighted by atomic mass is 16.5. The van der Waals surface area contributed by atoms with Crippen molar-refractivity contribution in [2.45, 2.75) is 31.3 Å². The van der Waals surface area contributed by atoms with Gasteiger partial charge in [0, 0.05) is 19.4 Å².